The Hall–Kier alpha value is -3.74. The third kappa shape index (κ3) is 3.18. The second-order valence-corrected chi connectivity index (χ2v) is 6.81. The molecule has 0 unspecified atom stereocenters. The van der Waals surface area contributed by atoms with Crippen molar-refractivity contribution < 1.29 is 22.4 Å². The van der Waals surface area contributed by atoms with Crippen LogP contribution >= 0.6 is 0 Å². The standard InChI is InChI=1S/C20H13F4N5O/c1-11(21)19(30)28-9-14(10-28)29-18-15(3-2-6-26-18)17(27-29)12-4-5-13(8-25)16(7-12)20(22,23)24/h2-7,14H,1,9-10H2. The number of carbonyl (C=O) groups excluding carboxylic acids is 1. The molecule has 0 atom stereocenters. The molecule has 0 bridgehead atoms. The number of pyridine rings is 1. The SMILES string of the molecule is C=C(F)C(=O)N1CC(n2nc(-c3ccc(C#N)c(C(F)(F)F)c3)c3cccnc32)C1. The Morgan fingerprint density at radius 2 is 2.00 bits per heavy atom. The van der Waals surface area contributed by atoms with Gasteiger partial charge in [0.1, 0.15) is 5.69 Å². The lowest BCUT2D eigenvalue weighted by atomic mass is 10.0. The minimum absolute atomic E-state index is 0.176. The van der Waals surface area contributed by atoms with Crippen LogP contribution in [0.25, 0.3) is 22.3 Å². The summed E-state index contributed by atoms with van der Waals surface area (Å²) in [6.07, 6.45) is -3.17. The van der Waals surface area contributed by atoms with Gasteiger partial charge in [0.15, 0.2) is 11.5 Å². The van der Waals surface area contributed by atoms with E-state index in [-0.39, 0.29) is 30.4 Å². The molecule has 10 heteroatoms. The zero-order valence-corrected chi connectivity index (χ0v) is 15.3. The van der Waals surface area contributed by atoms with Crippen LogP contribution in [0.5, 0.6) is 0 Å². The molecule has 0 spiro atoms. The molecular formula is C20H13F4N5O. The average Bonchev–Trinajstić information content (AvgIpc) is 3.05. The molecule has 1 amide bonds. The average molecular weight is 415 g/mol. The number of rotatable bonds is 3. The number of likely N-dealkylation sites (tertiary alicyclic amines) is 1. The van der Waals surface area contributed by atoms with Gasteiger partial charge in [-0.3, -0.25) is 4.79 Å². The Labute approximate surface area is 167 Å². The highest BCUT2D eigenvalue weighted by atomic mass is 19.4. The van der Waals surface area contributed by atoms with Gasteiger partial charge < -0.3 is 4.90 Å². The van der Waals surface area contributed by atoms with Crippen LogP contribution in [-0.2, 0) is 11.0 Å². The van der Waals surface area contributed by atoms with Gasteiger partial charge in [-0.05, 0) is 24.3 Å². The van der Waals surface area contributed by atoms with Crippen molar-refractivity contribution in [3.05, 3.63) is 60.1 Å². The van der Waals surface area contributed by atoms with E-state index in [0.717, 1.165) is 12.1 Å². The van der Waals surface area contributed by atoms with Crippen molar-refractivity contribution in [1.29, 1.82) is 5.26 Å². The van der Waals surface area contributed by atoms with E-state index < -0.39 is 29.0 Å². The van der Waals surface area contributed by atoms with Gasteiger partial charge in [-0.15, -0.1) is 0 Å². The van der Waals surface area contributed by atoms with Gasteiger partial charge in [0, 0.05) is 30.2 Å². The fourth-order valence-electron chi connectivity index (χ4n) is 3.41. The maximum atomic E-state index is 13.4. The summed E-state index contributed by atoms with van der Waals surface area (Å²) in [4.78, 5) is 17.2. The zero-order valence-electron chi connectivity index (χ0n) is 15.3. The second-order valence-electron chi connectivity index (χ2n) is 6.81. The van der Waals surface area contributed by atoms with Gasteiger partial charge in [-0.2, -0.15) is 23.5 Å². The minimum atomic E-state index is -4.69. The van der Waals surface area contributed by atoms with E-state index in [1.54, 1.807) is 18.2 Å². The summed E-state index contributed by atoms with van der Waals surface area (Å²) >= 11 is 0. The third-order valence-electron chi connectivity index (χ3n) is 4.91. The second kappa shape index (κ2) is 6.95. The Morgan fingerprint density at radius 3 is 2.63 bits per heavy atom. The first kappa shape index (κ1) is 19.6. The Morgan fingerprint density at radius 1 is 1.27 bits per heavy atom. The van der Waals surface area contributed by atoms with E-state index in [4.69, 9.17) is 5.26 Å². The van der Waals surface area contributed by atoms with Crippen molar-refractivity contribution in [2.75, 3.05) is 13.1 Å². The summed E-state index contributed by atoms with van der Waals surface area (Å²) in [7, 11) is 0. The molecular weight excluding hydrogens is 402 g/mol. The highest BCUT2D eigenvalue weighted by Gasteiger charge is 2.36. The lowest BCUT2D eigenvalue weighted by Crippen LogP contribution is -2.51. The molecule has 30 heavy (non-hydrogen) atoms. The molecule has 1 saturated heterocycles. The van der Waals surface area contributed by atoms with Gasteiger partial charge in [0.25, 0.3) is 5.91 Å². The fraction of sp³-hybridized carbons (Fsp3) is 0.200. The van der Waals surface area contributed by atoms with Gasteiger partial charge in [-0.1, -0.05) is 12.6 Å². The van der Waals surface area contributed by atoms with Crippen molar-refractivity contribution in [3.8, 4) is 17.3 Å². The summed E-state index contributed by atoms with van der Waals surface area (Å²) in [5.74, 6) is -1.87. The topological polar surface area (TPSA) is 74.8 Å². The number of alkyl halides is 3. The molecule has 0 radical (unpaired) electrons. The lowest BCUT2D eigenvalue weighted by molar-refractivity contribution is -0.137. The summed E-state index contributed by atoms with van der Waals surface area (Å²) < 4.78 is 54.6. The summed E-state index contributed by atoms with van der Waals surface area (Å²) in [5, 5.41) is 14.0. The molecule has 2 aromatic heterocycles. The van der Waals surface area contributed by atoms with E-state index in [0.29, 0.717) is 11.0 Å². The van der Waals surface area contributed by atoms with Gasteiger partial charge >= 0.3 is 6.18 Å². The van der Waals surface area contributed by atoms with Crippen molar-refractivity contribution in [3.63, 3.8) is 0 Å². The minimum Gasteiger partial charge on any atom is -0.332 e. The number of fused-ring (bicyclic) bond motifs is 1. The molecule has 6 nitrogen and oxygen atoms in total. The highest BCUT2D eigenvalue weighted by Crippen LogP contribution is 2.37. The van der Waals surface area contributed by atoms with E-state index in [2.05, 4.69) is 16.7 Å². The largest absolute Gasteiger partial charge is 0.417 e. The van der Waals surface area contributed by atoms with Crippen molar-refractivity contribution in [1.82, 2.24) is 19.7 Å². The van der Waals surface area contributed by atoms with Crippen LogP contribution in [0.1, 0.15) is 17.2 Å². The molecule has 4 rings (SSSR count). The van der Waals surface area contributed by atoms with Gasteiger partial charge in [0.05, 0.1) is 23.2 Å². The summed E-state index contributed by atoms with van der Waals surface area (Å²) in [6.45, 7) is 3.34. The van der Waals surface area contributed by atoms with Crippen molar-refractivity contribution in [2.45, 2.75) is 12.2 Å². The molecule has 0 N–H and O–H groups in total. The molecule has 1 fully saturated rings. The van der Waals surface area contributed by atoms with Crippen LogP contribution in [0.15, 0.2) is 48.9 Å². The molecule has 1 aromatic carbocycles. The fourth-order valence-corrected chi connectivity index (χ4v) is 3.41. The van der Waals surface area contributed by atoms with Crippen LogP contribution < -0.4 is 0 Å². The first-order chi connectivity index (χ1) is 14.2. The van der Waals surface area contributed by atoms with Crippen LogP contribution in [0, 0.1) is 11.3 Å². The van der Waals surface area contributed by atoms with Crippen LogP contribution in [0.4, 0.5) is 17.6 Å². The number of amides is 1. The number of aromatic nitrogens is 3. The molecule has 152 valence electrons. The predicted molar refractivity (Wildman–Crippen MR) is 98.5 cm³/mol. The smallest absolute Gasteiger partial charge is 0.332 e. The zero-order chi connectivity index (χ0) is 21.6. The predicted octanol–water partition coefficient (Wildman–Crippen LogP) is 3.86. The normalized spacial score (nSPS) is 14.4. The molecule has 0 aliphatic carbocycles. The third-order valence-corrected chi connectivity index (χ3v) is 4.91. The Kier molecular flexibility index (Phi) is 4.53. The van der Waals surface area contributed by atoms with Gasteiger partial charge in [0.2, 0.25) is 0 Å². The number of benzene rings is 1. The van der Waals surface area contributed by atoms with E-state index in [9.17, 15) is 22.4 Å². The molecule has 1 aliphatic rings. The monoisotopic (exact) mass is 415 g/mol. The number of carbonyl (C=O) groups is 1. The first-order valence-electron chi connectivity index (χ1n) is 8.79. The van der Waals surface area contributed by atoms with Crippen LogP contribution in [-0.4, -0.2) is 38.7 Å². The first-order valence-corrected chi connectivity index (χ1v) is 8.79. The van der Waals surface area contributed by atoms with Crippen LogP contribution in [0.2, 0.25) is 0 Å². The molecule has 0 saturated carbocycles. The van der Waals surface area contributed by atoms with E-state index in [1.807, 2.05) is 0 Å². The number of nitrogens with zero attached hydrogens (tertiary/aromatic N) is 5. The maximum absolute atomic E-state index is 13.4. The van der Waals surface area contributed by atoms with E-state index >= 15 is 0 Å². The number of halogens is 4. The molecule has 1 aliphatic heterocycles. The Bertz CT molecular complexity index is 1220. The number of hydrogen-bond acceptors (Lipinski definition) is 4. The quantitative estimate of drug-likeness (QED) is 0.481. The highest BCUT2D eigenvalue weighted by molar-refractivity contribution is 5.92. The van der Waals surface area contributed by atoms with Gasteiger partial charge in [-0.25, -0.2) is 14.1 Å². The number of hydrogen-bond donors (Lipinski definition) is 0. The molecule has 3 aromatic rings. The number of nitriles is 1. The Balaban J connectivity index is 1.77. The summed E-state index contributed by atoms with van der Waals surface area (Å²) in [6, 6.07) is 7.96. The van der Waals surface area contributed by atoms with E-state index in [1.165, 1.54) is 21.8 Å². The summed E-state index contributed by atoms with van der Waals surface area (Å²) in [5.41, 5.74) is -0.638. The lowest BCUT2D eigenvalue weighted by Gasteiger charge is -2.38. The maximum Gasteiger partial charge on any atom is 0.417 e. The van der Waals surface area contributed by atoms with Crippen molar-refractivity contribution in [2.24, 2.45) is 0 Å². The molecule has 3 heterocycles. The van der Waals surface area contributed by atoms with Crippen LogP contribution in [0.3, 0.4) is 0 Å². The van der Waals surface area contributed by atoms with Crippen molar-refractivity contribution >= 4 is 16.9 Å².